The fourth-order valence-corrected chi connectivity index (χ4v) is 3.38. The molecule has 1 atom stereocenters. The molecule has 0 saturated carbocycles. The molecule has 9 nitrogen and oxygen atoms in total. The highest BCUT2D eigenvalue weighted by Crippen LogP contribution is 2.36. The van der Waals surface area contributed by atoms with Gasteiger partial charge in [0.25, 0.3) is 5.69 Å². The lowest BCUT2D eigenvalue weighted by molar-refractivity contribution is -0.384. The van der Waals surface area contributed by atoms with Crippen LogP contribution in [0, 0.1) is 35.3 Å². The van der Waals surface area contributed by atoms with E-state index in [2.05, 4.69) is 26.2 Å². The summed E-state index contributed by atoms with van der Waals surface area (Å²) in [7, 11) is 0. The quantitative estimate of drug-likeness (QED) is 0.280. The third kappa shape index (κ3) is 3.93. The van der Waals surface area contributed by atoms with Crippen molar-refractivity contribution in [3.8, 4) is 17.5 Å². The Kier molecular flexibility index (Phi) is 5.14. The second-order valence-corrected chi connectivity index (χ2v) is 6.99. The smallest absolute Gasteiger partial charge is 0.269 e. The van der Waals surface area contributed by atoms with Crippen molar-refractivity contribution < 1.29 is 9.34 Å². The molecule has 0 saturated heterocycles. The van der Waals surface area contributed by atoms with Gasteiger partial charge in [-0.25, -0.2) is 9.97 Å². The first-order valence-electron chi connectivity index (χ1n) is 7.89. The van der Waals surface area contributed by atoms with Gasteiger partial charge in [-0.15, -0.1) is 10.2 Å². The van der Waals surface area contributed by atoms with Gasteiger partial charge in [0.15, 0.2) is 0 Å². The molecular weight excluding hydrogens is 368 g/mol. The SMILES string of the molecule is Cc1nc(C)c(C#N)c(SC(C)c2nnc(-c3ccc([N+](=O)[O-])cc3)o2)n1. The van der Waals surface area contributed by atoms with Gasteiger partial charge >= 0.3 is 0 Å². The number of aromatic nitrogens is 4. The Labute approximate surface area is 158 Å². The summed E-state index contributed by atoms with van der Waals surface area (Å²) in [6, 6.07) is 7.99. The van der Waals surface area contributed by atoms with Crippen LogP contribution in [0.2, 0.25) is 0 Å². The van der Waals surface area contributed by atoms with Crippen LogP contribution < -0.4 is 0 Å². The molecule has 1 unspecified atom stereocenters. The Bertz CT molecular complexity index is 1040. The molecule has 3 rings (SSSR count). The highest BCUT2D eigenvalue weighted by molar-refractivity contribution is 7.99. The molecule has 0 N–H and O–H groups in total. The number of rotatable bonds is 5. The first kappa shape index (κ1) is 18.5. The van der Waals surface area contributed by atoms with Gasteiger partial charge in [-0.05, 0) is 32.9 Å². The molecule has 0 radical (unpaired) electrons. The molecule has 1 aromatic carbocycles. The molecule has 0 amide bonds. The molecule has 2 aromatic heterocycles. The average molecular weight is 382 g/mol. The van der Waals surface area contributed by atoms with Gasteiger partial charge in [0.1, 0.15) is 22.5 Å². The molecule has 0 aliphatic rings. The van der Waals surface area contributed by atoms with Gasteiger partial charge in [-0.3, -0.25) is 10.1 Å². The van der Waals surface area contributed by atoms with Crippen LogP contribution in [0.25, 0.3) is 11.5 Å². The number of nitrogens with zero attached hydrogens (tertiary/aromatic N) is 6. The molecule has 2 heterocycles. The number of nitro benzene ring substituents is 1. The number of non-ortho nitro benzene ring substituents is 1. The zero-order valence-electron chi connectivity index (χ0n) is 14.7. The van der Waals surface area contributed by atoms with E-state index >= 15 is 0 Å². The van der Waals surface area contributed by atoms with Gasteiger partial charge < -0.3 is 4.42 Å². The van der Waals surface area contributed by atoms with Gasteiger partial charge in [0.2, 0.25) is 11.8 Å². The van der Waals surface area contributed by atoms with Crippen molar-refractivity contribution in [3.05, 3.63) is 57.4 Å². The molecule has 0 bridgehead atoms. The van der Waals surface area contributed by atoms with E-state index in [-0.39, 0.29) is 16.8 Å². The minimum absolute atomic E-state index is 0.0130. The van der Waals surface area contributed by atoms with Crippen LogP contribution in [0.3, 0.4) is 0 Å². The number of aryl methyl sites for hydroxylation is 2. The van der Waals surface area contributed by atoms with E-state index in [9.17, 15) is 15.4 Å². The summed E-state index contributed by atoms with van der Waals surface area (Å²) in [4.78, 5) is 18.8. The fourth-order valence-electron chi connectivity index (χ4n) is 2.35. The van der Waals surface area contributed by atoms with Crippen molar-refractivity contribution >= 4 is 17.4 Å². The second-order valence-electron chi connectivity index (χ2n) is 5.66. The number of nitro groups is 1. The van der Waals surface area contributed by atoms with Crippen LogP contribution in [-0.4, -0.2) is 25.1 Å². The van der Waals surface area contributed by atoms with E-state index in [4.69, 9.17) is 4.42 Å². The van der Waals surface area contributed by atoms with E-state index in [0.29, 0.717) is 33.6 Å². The lowest BCUT2D eigenvalue weighted by atomic mass is 10.2. The van der Waals surface area contributed by atoms with Gasteiger partial charge in [-0.2, -0.15) is 5.26 Å². The van der Waals surface area contributed by atoms with Gasteiger partial charge in [-0.1, -0.05) is 11.8 Å². The maximum atomic E-state index is 10.7. The molecule has 0 fully saturated rings. The summed E-state index contributed by atoms with van der Waals surface area (Å²) in [5, 5.41) is 28.4. The van der Waals surface area contributed by atoms with Crippen molar-refractivity contribution in [2.24, 2.45) is 0 Å². The van der Waals surface area contributed by atoms with Crippen molar-refractivity contribution in [3.63, 3.8) is 0 Å². The summed E-state index contributed by atoms with van der Waals surface area (Å²) >= 11 is 1.33. The van der Waals surface area contributed by atoms with Gasteiger partial charge in [0.05, 0.1) is 15.9 Å². The molecule has 0 aliphatic heterocycles. The van der Waals surface area contributed by atoms with E-state index < -0.39 is 4.92 Å². The van der Waals surface area contributed by atoms with Crippen LogP contribution in [0.5, 0.6) is 0 Å². The maximum absolute atomic E-state index is 10.7. The van der Waals surface area contributed by atoms with E-state index in [1.165, 1.54) is 23.9 Å². The highest BCUT2D eigenvalue weighted by atomic mass is 32.2. The topological polar surface area (TPSA) is 132 Å². The lowest BCUT2D eigenvalue weighted by Crippen LogP contribution is -2.00. The van der Waals surface area contributed by atoms with E-state index in [1.54, 1.807) is 26.0 Å². The zero-order chi connectivity index (χ0) is 19.6. The maximum Gasteiger partial charge on any atom is 0.269 e. The van der Waals surface area contributed by atoms with E-state index in [0.717, 1.165) is 0 Å². The summed E-state index contributed by atoms with van der Waals surface area (Å²) < 4.78 is 5.70. The van der Waals surface area contributed by atoms with Crippen LogP contribution in [-0.2, 0) is 0 Å². The summed E-state index contributed by atoms with van der Waals surface area (Å²) in [5.74, 6) is 1.22. The Morgan fingerprint density at radius 1 is 1.22 bits per heavy atom. The van der Waals surface area contributed by atoms with Crippen molar-refractivity contribution in [1.82, 2.24) is 20.2 Å². The van der Waals surface area contributed by atoms with Crippen LogP contribution in [0.1, 0.15) is 35.1 Å². The number of hydrogen-bond donors (Lipinski definition) is 0. The Hall–Kier alpha value is -3.32. The molecule has 10 heteroatoms. The standard InChI is InChI=1S/C17H14N6O3S/c1-9-14(8-18)17(20-11(3)19-9)27-10(2)15-21-22-16(26-15)12-4-6-13(7-5-12)23(24)25/h4-7,10H,1-3H3. The normalized spacial score (nSPS) is 11.8. The van der Waals surface area contributed by atoms with E-state index in [1.807, 2.05) is 6.92 Å². The lowest BCUT2D eigenvalue weighted by Gasteiger charge is -2.09. The number of benzene rings is 1. The average Bonchev–Trinajstić information content (AvgIpc) is 3.11. The third-order valence-electron chi connectivity index (χ3n) is 3.68. The molecule has 0 aliphatic carbocycles. The fraction of sp³-hybridized carbons (Fsp3) is 0.235. The summed E-state index contributed by atoms with van der Waals surface area (Å²) in [6.45, 7) is 5.40. The van der Waals surface area contributed by atoms with Crippen LogP contribution >= 0.6 is 11.8 Å². The summed E-state index contributed by atoms with van der Waals surface area (Å²) in [6.07, 6.45) is 0. The highest BCUT2D eigenvalue weighted by Gasteiger charge is 2.20. The molecule has 3 aromatic rings. The van der Waals surface area contributed by atoms with Crippen molar-refractivity contribution in [2.45, 2.75) is 31.0 Å². The monoisotopic (exact) mass is 382 g/mol. The predicted molar refractivity (Wildman–Crippen MR) is 96.9 cm³/mol. The molecular formula is C17H14N6O3S. The van der Waals surface area contributed by atoms with Crippen LogP contribution in [0.4, 0.5) is 5.69 Å². The largest absolute Gasteiger partial charge is 0.419 e. The first-order valence-corrected chi connectivity index (χ1v) is 8.77. The first-order chi connectivity index (χ1) is 12.9. The third-order valence-corrected chi connectivity index (χ3v) is 4.76. The summed E-state index contributed by atoms with van der Waals surface area (Å²) in [5.41, 5.74) is 1.62. The number of nitriles is 1. The Morgan fingerprint density at radius 3 is 2.56 bits per heavy atom. The van der Waals surface area contributed by atoms with Gasteiger partial charge in [0, 0.05) is 17.7 Å². The predicted octanol–water partition coefficient (Wildman–Crippen LogP) is 3.78. The Balaban J connectivity index is 1.83. The number of hydrogen-bond acceptors (Lipinski definition) is 9. The second kappa shape index (κ2) is 7.51. The Morgan fingerprint density at radius 2 is 1.93 bits per heavy atom. The number of thioether (sulfide) groups is 1. The van der Waals surface area contributed by atoms with Crippen LogP contribution in [0.15, 0.2) is 33.7 Å². The molecule has 136 valence electrons. The molecule has 27 heavy (non-hydrogen) atoms. The zero-order valence-corrected chi connectivity index (χ0v) is 15.5. The minimum Gasteiger partial charge on any atom is -0.419 e. The van der Waals surface area contributed by atoms with Crippen molar-refractivity contribution in [1.29, 1.82) is 5.26 Å². The minimum atomic E-state index is -0.472. The van der Waals surface area contributed by atoms with Crippen molar-refractivity contribution in [2.75, 3.05) is 0 Å². The molecule has 0 spiro atoms.